The van der Waals surface area contributed by atoms with Crippen LogP contribution in [0, 0.1) is 0 Å². The van der Waals surface area contributed by atoms with Crippen LogP contribution >= 0.6 is 37.2 Å². The summed E-state index contributed by atoms with van der Waals surface area (Å²) in [6.07, 6.45) is 5.82. The topological polar surface area (TPSA) is 87.6 Å². The summed E-state index contributed by atoms with van der Waals surface area (Å²) >= 11 is 0. The Kier molecular flexibility index (Phi) is 16.8. The number of likely N-dealkylation sites (tertiary alicyclic amines) is 1. The van der Waals surface area contributed by atoms with Crippen molar-refractivity contribution in [1.29, 1.82) is 0 Å². The summed E-state index contributed by atoms with van der Waals surface area (Å²) < 4.78 is 33.2. The normalized spacial score (nSPS) is 12.6. The number of rotatable bonds is 14. The van der Waals surface area contributed by atoms with Gasteiger partial charge in [-0.3, -0.25) is 14.9 Å². The zero-order valence-corrected chi connectivity index (χ0v) is 33.9. The summed E-state index contributed by atoms with van der Waals surface area (Å²) in [5, 5.41) is 0. The summed E-state index contributed by atoms with van der Waals surface area (Å²) in [5.41, 5.74) is 7.19. The van der Waals surface area contributed by atoms with Crippen molar-refractivity contribution >= 4 is 42.9 Å². The van der Waals surface area contributed by atoms with E-state index in [4.69, 9.17) is 33.4 Å². The fourth-order valence-corrected chi connectivity index (χ4v) is 6.73. The molecule has 0 aliphatic carbocycles. The molecule has 1 saturated heterocycles. The highest BCUT2D eigenvalue weighted by Gasteiger charge is 2.26. The fourth-order valence-electron chi connectivity index (χ4n) is 6.73. The standard InChI is InChI=1S/C41H46N4O6.3ClH/c1-46-34-10-8-32(9-11-34)45(27-29-14-18-42-35(22-29)30-7-12-37(47-2)38(23-30)48-3)33-15-19-44(20-16-33)26-28-13-17-43-36(21-28)31-24-39(49-4)41(51-6)40(25-31)50-5;;;/h7-14,17-18,21-25,33H,15-16,19-20,26-27H2,1-6H3;3*1H. The molecule has 3 heterocycles. The van der Waals surface area contributed by atoms with E-state index in [1.807, 2.05) is 54.9 Å². The Morgan fingerprint density at radius 3 is 1.70 bits per heavy atom. The van der Waals surface area contributed by atoms with Gasteiger partial charge in [0.05, 0.1) is 54.0 Å². The molecule has 1 aliphatic rings. The average Bonchev–Trinajstić information content (AvgIpc) is 3.19. The molecule has 0 spiro atoms. The smallest absolute Gasteiger partial charge is 0.203 e. The molecule has 0 saturated carbocycles. The van der Waals surface area contributed by atoms with E-state index in [1.54, 1.807) is 42.7 Å². The van der Waals surface area contributed by atoms with Gasteiger partial charge in [-0.25, -0.2) is 0 Å². The number of halogens is 3. The lowest BCUT2D eigenvalue weighted by atomic mass is 10.00. The molecule has 3 aromatic carbocycles. The quantitative estimate of drug-likeness (QED) is 0.109. The Labute approximate surface area is 336 Å². The molecule has 1 aliphatic heterocycles. The van der Waals surface area contributed by atoms with Crippen molar-refractivity contribution in [2.75, 3.05) is 60.6 Å². The van der Waals surface area contributed by atoms with Crippen molar-refractivity contribution in [1.82, 2.24) is 14.9 Å². The Morgan fingerprint density at radius 2 is 1.13 bits per heavy atom. The monoisotopic (exact) mass is 798 g/mol. The number of anilines is 1. The third-order valence-corrected chi connectivity index (χ3v) is 9.45. The van der Waals surface area contributed by atoms with Gasteiger partial charge in [-0.2, -0.15) is 0 Å². The summed E-state index contributed by atoms with van der Waals surface area (Å²) in [4.78, 5) is 14.4. The zero-order valence-electron chi connectivity index (χ0n) is 31.4. The van der Waals surface area contributed by atoms with Crippen LogP contribution in [0.1, 0.15) is 24.0 Å². The first kappa shape index (κ1) is 43.8. The van der Waals surface area contributed by atoms with Crippen LogP contribution in [0.15, 0.2) is 91.3 Å². The Hall–Kier alpha value is -4.61. The number of piperidine rings is 1. The highest BCUT2D eigenvalue weighted by Crippen LogP contribution is 2.41. The van der Waals surface area contributed by atoms with E-state index in [1.165, 1.54) is 16.8 Å². The zero-order chi connectivity index (χ0) is 35.7. The number of hydrogen-bond acceptors (Lipinski definition) is 10. The summed E-state index contributed by atoms with van der Waals surface area (Å²) in [6.45, 7) is 3.55. The molecule has 10 nitrogen and oxygen atoms in total. The molecule has 54 heavy (non-hydrogen) atoms. The second kappa shape index (κ2) is 20.7. The number of ether oxygens (including phenoxy) is 6. The highest BCUT2D eigenvalue weighted by molar-refractivity contribution is 5.86. The maximum absolute atomic E-state index is 5.58. The minimum atomic E-state index is 0. The molecule has 0 radical (unpaired) electrons. The van der Waals surface area contributed by atoms with Gasteiger partial charge in [0.1, 0.15) is 5.75 Å². The number of nitrogens with zero attached hydrogens (tertiary/aromatic N) is 4. The van der Waals surface area contributed by atoms with Crippen LogP contribution in [0.4, 0.5) is 5.69 Å². The molecular formula is C41H49Cl3N4O6. The van der Waals surface area contributed by atoms with Crippen LogP contribution in [0.5, 0.6) is 34.5 Å². The lowest BCUT2D eigenvalue weighted by Gasteiger charge is -2.40. The first-order valence-corrected chi connectivity index (χ1v) is 17.0. The Morgan fingerprint density at radius 1 is 0.574 bits per heavy atom. The van der Waals surface area contributed by atoms with Crippen molar-refractivity contribution in [2.45, 2.75) is 32.0 Å². The number of benzene rings is 3. The predicted octanol–water partition coefficient (Wildman–Crippen LogP) is 8.80. The van der Waals surface area contributed by atoms with Gasteiger partial charge in [0.15, 0.2) is 23.0 Å². The first-order chi connectivity index (χ1) is 25.0. The summed E-state index contributed by atoms with van der Waals surface area (Å²) in [5.74, 6) is 3.98. The fraction of sp³-hybridized carbons (Fsp3) is 0.317. The third-order valence-electron chi connectivity index (χ3n) is 9.45. The number of aromatic nitrogens is 2. The van der Waals surface area contributed by atoms with Crippen LogP contribution in [-0.4, -0.2) is 76.7 Å². The number of hydrogen-bond donors (Lipinski definition) is 0. The Balaban J connectivity index is 0.00000261. The van der Waals surface area contributed by atoms with Gasteiger partial charge >= 0.3 is 0 Å². The molecule has 6 rings (SSSR count). The van der Waals surface area contributed by atoms with Gasteiger partial charge in [0.2, 0.25) is 5.75 Å². The van der Waals surface area contributed by atoms with Crippen LogP contribution in [0.25, 0.3) is 22.5 Å². The minimum Gasteiger partial charge on any atom is -0.497 e. The maximum atomic E-state index is 5.58. The van der Waals surface area contributed by atoms with Gasteiger partial charge in [0.25, 0.3) is 0 Å². The lowest BCUT2D eigenvalue weighted by molar-refractivity contribution is 0.201. The molecule has 0 N–H and O–H groups in total. The van der Waals surface area contributed by atoms with Crippen LogP contribution in [0.3, 0.4) is 0 Å². The molecule has 290 valence electrons. The van der Waals surface area contributed by atoms with E-state index in [-0.39, 0.29) is 37.2 Å². The van der Waals surface area contributed by atoms with E-state index in [0.29, 0.717) is 34.8 Å². The molecule has 0 unspecified atom stereocenters. The van der Waals surface area contributed by atoms with Crippen LogP contribution < -0.4 is 33.3 Å². The third kappa shape index (κ3) is 10.1. The molecule has 1 fully saturated rings. The summed E-state index contributed by atoms with van der Waals surface area (Å²) in [6, 6.07) is 27.0. The minimum absolute atomic E-state index is 0. The molecule has 2 aromatic heterocycles. The predicted molar refractivity (Wildman–Crippen MR) is 221 cm³/mol. The largest absolute Gasteiger partial charge is 0.497 e. The van der Waals surface area contributed by atoms with Crippen molar-refractivity contribution in [3.05, 3.63) is 102 Å². The lowest BCUT2D eigenvalue weighted by Crippen LogP contribution is -2.44. The van der Waals surface area contributed by atoms with E-state index < -0.39 is 0 Å². The van der Waals surface area contributed by atoms with E-state index >= 15 is 0 Å². The van der Waals surface area contributed by atoms with E-state index in [0.717, 1.165) is 67.3 Å². The molecule has 13 heteroatoms. The van der Waals surface area contributed by atoms with Crippen LogP contribution in [-0.2, 0) is 13.1 Å². The molecule has 5 aromatic rings. The number of methoxy groups -OCH3 is 6. The van der Waals surface area contributed by atoms with Gasteiger partial charge in [-0.05, 0) is 103 Å². The second-order valence-electron chi connectivity index (χ2n) is 12.4. The average molecular weight is 800 g/mol. The van der Waals surface area contributed by atoms with Crippen molar-refractivity contribution in [3.63, 3.8) is 0 Å². The molecule has 0 amide bonds. The van der Waals surface area contributed by atoms with Gasteiger partial charge in [-0.1, -0.05) is 0 Å². The van der Waals surface area contributed by atoms with E-state index in [2.05, 4.69) is 51.2 Å². The first-order valence-electron chi connectivity index (χ1n) is 17.0. The maximum Gasteiger partial charge on any atom is 0.203 e. The molecule has 0 bridgehead atoms. The van der Waals surface area contributed by atoms with Crippen LogP contribution in [0.2, 0.25) is 0 Å². The SMILES string of the molecule is COc1ccc(N(Cc2ccnc(-c3ccc(OC)c(OC)c3)c2)C2CCN(Cc3ccnc(-c4cc(OC)c(OC)c(OC)c4)c3)CC2)cc1.Cl.Cl.Cl. The van der Waals surface area contributed by atoms with Crippen molar-refractivity contribution < 1.29 is 28.4 Å². The summed E-state index contributed by atoms with van der Waals surface area (Å²) in [7, 11) is 9.84. The highest BCUT2D eigenvalue weighted by atomic mass is 35.5. The Bertz CT molecular complexity index is 1900. The molecule has 0 atom stereocenters. The molecular weight excluding hydrogens is 751 g/mol. The van der Waals surface area contributed by atoms with E-state index in [9.17, 15) is 0 Å². The number of pyridine rings is 2. The van der Waals surface area contributed by atoms with Crippen molar-refractivity contribution in [3.8, 4) is 57.0 Å². The van der Waals surface area contributed by atoms with Gasteiger partial charge in [-0.15, -0.1) is 37.2 Å². The second-order valence-corrected chi connectivity index (χ2v) is 12.4. The van der Waals surface area contributed by atoms with Gasteiger partial charge < -0.3 is 33.3 Å². The van der Waals surface area contributed by atoms with Crippen molar-refractivity contribution in [2.24, 2.45) is 0 Å². The van der Waals surface area contributed by atoms with Gasteiger partial charge in [0, 0.05) is 61.4 Å².